The molecule has 0 spiro atoms. The topological polar surface area (TPSA) is 54.4 Å². The highest BCUT2D eigenvalue weighted by Gasteiger charge is 1.91. The minimum Gasteiger partial charge on any atom is -0.394 e. The number of ether oxygens (including phenoxy) is 1. The van der Waals surface area contributed by atoms with Crippen LogP contribution >= 0.6 is 0 Å². The summed E-state index contributed by atoms with van der Waals surface area (Å²) in [5.74, 6) is 0. The van der Waals surface area contributed by atoms with E-state index in [-0.39, 0.29) is 6.61 Å². The molecule has 2 N–H and O–H groups in total. The van der Waals surface area contributed by atoms with E-state index < -0.39 is 0 Å². The number of nitrogens with one attached hydrogen (secondary N) is 1. The van der Waals surface area contributed by atoms with Gasteiger partial charge in [-0.3, -0.25) is 4.98 Å². The molecule has 1 heterocycles. The Bertz CT molecular complexity index is 229. The van der Waals surface area contributed by atoms with Crippen molar-refractivity contribution in [3.05, 3.63) is 30.1 Å². The van der Waals surface area contributed by atoms with Crippen molar-refractivity contribution in [1.29, 1.82) is 0 Å². The van der Waals surface area contributed by atoms with Crippen molar-refractivity contribution in [3.63, 3.8) is 0 Å². The molecule has 4 heteroatoms. The van der Waals surface area contributed by atoms with E-state index in [4.69, 9.17) is 9.84 Å². The van der Waals surface area contributed by atoms with Gasteiger partial charge in [-0.1, -0.05) is 6.07 Å². The van der Waals surface area contributed by atoms with Gasteiger partial charge in [-0.2, -0.15) is 0 Å². The largest absolute Gasteiger partial charge is 0.394 e. The molecule has 1 aromatic rings. The zero-order valence-corrected chi connectivity index (χ0v) is 8.15. The van der Waals surface area contributed by atoms with Gasteiger partial charge in [0, 0.05) is 25.5 Å². The normalized spacial score (nSPS) is 10.4. The molecule has 0 aliphatic heterocycles. The fourth-order valence-electron chi connectivity index (χ4n) is 1.05. The van der Waals surface area contributed by atoms with E-state index in [1.165, 1.54) is 0 Å². The van der Waals surface area contributed by atoms with E-state index in [9.17, 15) is 0 Å². The molecule has 0 aliphatic carbocycles. The van der Waals surface area contributed by atoms with Crippen molar-refractivity contribution in [2.45, 2.75) is 6.54 Å². The van der Waals surface area contributed by atoms with Crippen molar-refractivity contribution in [2.24, 2.45) is 0 Å². The fourth-order valence-corrected chi connectivity index (χ4v) is 1.05. The number of aromatic nitrogens is 1. The number of nitrogens with zero attached hydrogens (tertiary/aromatic N) is 1. The third kappa shape index (κ3) is 4.91. The van der Waals surface area contributed by atoms with Crippen LogP contribution in [0.25, 0.3) is 0 Å². The van der Waals surface area contributed by atoms with Gasteiger partial charge in [-0.25, -0.2) is 0 Å². The van der Waals surface area contributed by atoms with Crippen LogP contribution in [0, 0.1) is 0 Å². The summed E-state index contributed by atoms with van der Waals surface area (Å²) in [6.07, 6.45) is 3.59. The monoisotopic (exact) mass is 196 g/mol. The molecule has 1 rings (SSSR count). The van der Waals surface area contributed by atoms with Gasteiger partial charge in [0.05, 0.1) is 19.8 Å². The number of aliphatic hydroxyl groups excluding tert-OH is 1. The lowest BCUT2D eigenvalue weighted by atomic mass is 10.3. The maximum atomic E-state index is 8.45. The molecule has 0 aromatic carbocycles. The lowest BCUT2D eigenvalue weighted by Crippen LogP contribution is -2.20. The van der Waals surface area contributed by atoms with Crippen molar-refractivity contribution in [3.8, 4) is 0 Å². The third-order valence-electron chi connectivity index (χ3n) is 1.71. The predicted molar refractivity (Wildman–Crippen MR) is 53.8 cm³/mol. The first-order valence-electron chi connectivity index (χ1n) is 4.71. The van der Waals surface area contributed by atoms with Gasteiger partial charge in [0.25, 0.3) is 0 Å². The van der Waals surface area contributed by atoms with Gasteiger partial charge in [0.1, 0.15) is 0 Å². The summed E-state index contributed by atoms with van der Waals surface area (Å²) in [4.78, 5) is 4.01. The Morgan fingerprint density at radius 2 is 2.36 bits per heavy atom. The summed E-state index contributed by atoms with van der Waals surface area (Å²) in [5, 5.41) is 11.7. The van der Waals surface area contributed by atoms with Crippen molar-refractivity contribution in [1.82, 2.24) is 10.3 Å². The maximum Gasteiger partial charge on any atom is 0.0698 e. The van der Waals surface area contributed by atoms with Crippen LogP contribution in [0.15, 0.2) is 24.5 Å². The Morgan fingerprint density at radius 3 is 3.07 bits per heavy atom. The number of pyridine rings is 1. The first-order valence-corrected chi connectivity index (χ1v) is 4.71. The summed E-state index contributed by atoms with van der Waals surface area (Å²) in [6, 6.07) is 3.94. The summed E-state index contributed by atoms with van der Waals surface area (Å²) in [5.41, 5.74) is 1.16. The van der Waals surface area contributed by atoms with E-state index in [0.717, 1.165) is 18.7 Å². The molecule has 0 saturated heterocycles. The summed E-state index contributed by atoms with van der Waals surface area (Å²) < 4.78 is 5.09. The zero-order valence-electron chi connectivity index (χ0n) is 8.15. The van der Waals surface area contributed by atoms with Crippen molar-refractivity contribution in [2.75, 3.05) is 26.4 Å². The predicted octanol–water partition coefficient (Wildman–Crippen LogP) is 0.180. The molecule has 0 aliphatic rings. The Morgan fingerprint density at radius 1 is 1.43 bits per heavy atom. The van der Waals surface area contributed by atoms with E-state index in [1.54, 1.807) is 6.20 Å². The van der Waals surface area contributed by atoms with Crippen LogP contribution in [-0.4, -0.2) is 36.5 Å². The highest BCUT2D eigenvalue weighted by molar-refractivity contribution is 5.07. The first kappa shape index (κ1) is 11.1. The van der Waals surface area contributed by atoms with E-state index in [0.29, 0.717) is 13.2 Å². The quantitative estimate of drug-likeness (QED) is 0.611. The third-order valence-corrected chi connectivity index (χ3v) is 1.71. The zero-order chi connectivity index (χ0) is 10.1. The van der Waals surface area contributed by atoms with E-state index in [2.05, 4.69) is 10.3 Å². The van der Waals surface area contributed by atoms with Gasteiger partial charge in [0.2, 0.25) is 0 Å². The van der Waals surface area contributed by atoms with Crippen LogP contribution in [0.3, 0.4) is 0 Å². The Balaban J connectivity index is 1.99. The first-order chi connectivity index (χ1) is 6.93. The second-order valence-electron chi connectivity index (χ2n) is 2.87. The molecule has 4 nitrogen and oxygen atoms in total. The van der Waals surface area contributed by atoms with Crippen LogP contribution in [0.2, 0.25) is 0 Å². The Hall–Kier alpha value is -0.970. The molecule has 0 atom stereocenters. The lowest BCUT2D eigenvalue weighted by Gasteiger charge is -2.04. The standard InChI is InChI=1S/C10H16N2O2/c13-5-7-14-6-4-12-9-10-2-1-3-11-8-10/h1-3,8,12-13H,4-7,9H2. The maximum absolute atomic E-state index is 8.45. The van der Waals surface area contributed by atoms with Crippen LogP contribution < -0.4 is 5.32 Å². The minimum absolute atomic E-state index is 0.0859. The Labute approximate surface area is 83.9 Å². The summed E-state index contributed by atoms with van der Waals surface area (Å²) in [7, 11) is 0. The molecule has 78 valence electrons. The SMILES string of the molecule is OCCOCCNCc1cccnc1. The molecule has 1 aromatic heterocycles. The number of aliphatic hydroxyl groups is 1. The molecule has 14 heavy (non-hydrogen) atoms. The van der Waals surface area contributed by atoms with Crippen LogP contribution in [0.4, 0.5) is 0 Å². The van der Waals surface area contributed by atoms with Crippen molar-refractivity contribution < 1.29 is 9.84 Å². The molecular formula is C10H16N2O2. The lowest BCUT2D eigenvalue weighted by molar-refractivity contribution is 0.0938. The minimum atomic E-state index is 0.0859. The van der Waals surface area contributed by atoms with Gasteiger partial charge in [0.15, 0.2) is 0 Å². The molecule has 0 unspecified atom stereocenters. The molecule has 0 bridgehead atoms. The highest BCUT2D eigenvalue weighted by Crippen LogP contribution is 1.93. The molecular weight excluding hydrogens is 180 g/mol. The molecule has 0 radical (unpaired) electrons. The molecule has 0 fully saturated rings. The fraction of sp³-hybridized carbons (Fsp3) is 0.500. The smallest absolute Gasteiger partial charge is 0.0698 e. The number of hydrogen-bond acceptors (Lipinski definition) is 4. The average Bonchev–Trinajstić information content (AvgIpc) is 2.25. The molecule has 0 saturated carbocycles. The van der Waals surface area contributed by atoms with Crippen LogP contribution in [0.5, 0.6) is 0 Å². The van der Waals surface area contributed by atoms with Gasteiger partial charge >= 0.3 is 0 Å². The van der Waals surface area contributed by atoms with Crippen molar-refractivity contribution >= 4 is 0 Å². The Kier molecular flexibility index (Phi) is 5.90. The van der Waals surface area contributed by atoms with E-state index >= 15 is 0 Å². The summed E-state index contributed by atoms with van der Waals surface area (Å²) in [6.45, 7) is 2.71. The van der Waals surface area contributed by atoms with E-state index in [1.807, 2.05) is 18.3 Å². The second-order valence-corrected chi connectivity index (χ2v) is 2.87. The second kappa shape index (κ2) is 7.44. The van der Waals surface area contributed by atoms with Gasteiger partial charge in [-0.15, -0.1) is 0 Å². The van der Waals surface area contributed by atoms with Crippen LogP contribution in [0.1, 0.15) is 5.56 Å². The molecule has 0 amide bonds. The van der Waals surface area contributed by atoms with Crippen LogP contribution in [-0.2, 0) is 11.3 Å². The number of hydrogen-bond donors (Lipinski definition) is 2. The van der Waals surface area contributed by atoms with Gasteiger partial charge < -0.3 is 15.2 Å². The number of rotatable bonds is 7. The average molecular weight is 196 g/mol. The highest BCUT2D eigenvalue weighted by atomic mass is 16.5. The van der Waals surface area contributed by atoms with Gasteiger partial charge in [-0.05, 0) is 11.6 Å². The summed E-state index contributed by atoms with van der Waals surface area (Å²) >= 11 is 0.